The summed E-state index contributed by atoms with van der Waals surface area (Å²) in [6.45, 7) is 9.18. The Morgan fingerprint density at radius 1 is 1.14 bits per heavy atom. The Morgan fingerprint density at radius 2 is 1.68 bits per heavy atom. The number of piperidine rings is 1. The second-order valence-corrected chi connectivity index (χ2v) is 8.78. The van der Waals surface area contributed by atoms with Crippen LogP contribution in [0.15, 0.2) is 24.3 Å². The fourth-order valence-corrected chi connectivity index (χ4v) is 3.29. The molecule has 124 valence electrons. The van der Waals surface area contributed by atoms with Crippen LogP contribution in [0.2, 0.25) is 0 Å². The lowest BCUT2D eigenvalue weighted by atomic mass is 9.87. The van der Waals surface area contributed by atoms with Crippen molar-refractivity contribution in [2.45, 2.75) is 51.7 Å². The Hall–Kier alpha value is -0.910. The maximum atomic E-state index is 11.0. The minimum absolute atomic E-state index is 0.113. The van der Waals surface area contributed by atoms with Crippen LogP contribution in [-0.2, 0) is 20.9 Å². The monoisotopic (exact) mass is 325 g/mol. The minimum atomic E-state index is -3.38. The molecule has 0 amide bonds. The zero-order valence-corrected chi connectivity index (χ0v) is 14.8. The fraction of sp³-hybridized carbons (Fsp3) is 0.647. The van der Waals surface area contributed by atoms with Crippen molar-refractivity contribution in [3.63, 3.8) is 0 Å². The highest BCUT2D eigenvalue weighted by Crippen LogP contribution is 2.31. The molecular weight excluding hydrogens is 298 g/mol. The average molecular weight is 325 g/mol. The summed E-state index contributed by atoms with van der Waals surface area (Å²) < 4.78 is 26.8. The van der Waals surface area contributed by atoms with Crippen LogP contribution in [-0.4, -0.2) is 38.2 Å². The quantitative estimate of drug-likeness (QED) is 0.798. The molecule has 1 aromatic carbocycles. The van der Waals surface area contributed by atoms with Crippen LogP contribution >= 0.6 is 0 Å². The van der Waals surface area contributed by atoms with Crippen molar-refractivity contribution in [3.8, 4) is 0 Å². The minimum Gasteiger partial charge on any atom is -0.298 e. The van der Waals surface area contributed by atoms with Crippen molar-refractivity contribution in [1.82, 2.24) is 4.90 Å². The zero-order chi connectivity index (χ0) is 16.4. The van der Waals surface area contributed by atoms with Crippen molar-refractivity contribution in [2.24, 2.45) is 0 Å². The van der Waals surface area contributed by atoms with Gasteiger partial charge >= 0.3 is 0 Å². The van der Waals surface area contributed by atoms with E-state index >= 15 is 0 Å². The van der Waals surface area contributed by atoms with E-state index in [1.807, 2.05) is 12.1 Å². The van der Waals surface area contributed by atoms with Gasteiger partial charge in [0.05, 0.1) is 12.9 Å². The lowest BCUT2D eigenvalue weighted by Crippen LogP contribution is -2.45. The average Bonchev–Trinajstić information content (AvgIpc) is 2.44. The number of likely N-dealkylation sites (tertiary alicyclic amines) is 1. The number of rotatable bonds is 4. The SMILES string of the molecule is CC(C)(C)N1CCC(c2ccc(COS(C)(=O)=O)cc2)CC1. The Kier molecular flexibility index (Phi) is 5.30. The van der Waals surface area contributed by atoms with Gasteiger partial charge in [0.15, 0.2) is 0 Å². The van der Waals surface area contributed by atoms with Crippen LogP contribution < -0.4 is 0 Å². The molecule has 1 aromatic rings. The van der Waals surface area contributed by atoms with Gasteiger partial charge < -0.3 is 0 Å². The van der Waals surface area contributed by atoms with Crippen LogP contribution in [0.4, 0.5) is 0 Å². The highest BCUT2D eigenvalue weighted by Gasteiger charge is 2.27. The Balaban J connectivity index is 1.92. The van der Waals surface area contributed by atoms with Gasteiger partial charge in [0, 0.05) is 5.54 Å². The van der Waals surface area contributed by atoms with E-state index in [-0.39, 0.29) is 12.1 Å². The summed E-state index contributed by atoms with van der Waals surface area (Å²) in [6, 6.07) is 8.16. The van der Waals surface area contributed by atoms with E-state index < -0.39 is 10.1 Å². The molecule has 1 aliphatic rings. The Morgan fingerprint density at radius 3 is 2.14 bits per heavy atom. The second kappa shape index (κ2) is 6.69. The summed E-state index contributed by atoms with van der Waals surface area (Å²) in [4.78, 5) is 2.54. The van der Waals surface area contributed by atoms with Crippen molar-refractivity contribution in [2.75, 3.05) is 19.3 Å². The molecule has 0 aromatic heterocycles. The molecule has 2 rings (SSSR count). The summed E-state index contributed by atoms with van der Waals surface area (Å²) >= 11 is 0. The fourth-order valence-electron chi connectivity index (χ4n) is 2.94. The van der Waals surface area contributed by atoms with E-state index in [1.54, 1.807) is 0 Å². The highest BCUT2D eigenvalue weighted by atomic mass is 32.2. The Labute approximate surface area is 134 Å². The maximum absolute atomic E-state index is 11.0. The van der Waals surface area contributed by atoms with Crippen molar-refractivity contribution < 1.29 is 12.6 Å². The van der Waals surface area contributed by atoms with Gasteiger partial charge in [-0.15, -0.1) is 0 Å². The Bertz CT molecular complexity index is 579. The molecule has 0 spiro atoms. The van der Waals surface area contributed by atoms with Gasteiger partial charge in [0.2, 0.25) is 0 Å². The summed E-state index contributed by atoms with van der Waals surface area (Å²) in [5.74, 6) is 0.600. The van der Waals surface area contributed by atoms with Crippen LogP contribution in [0.3, 0.4) is 0 Å². The van der Waals surface area contributed by atoms with E-state index in [1.165, 1.54) is 18.4 Å². The van der Waals surface area contributed by atoms with Gasteiger partial charge in [0.1, 0.15) is 0 Å². The molecule has 0 aliphatic carbocycles. The lowest BCUT2D eigenvalue weighted by molar-refractivity contribution is 0.102. The van der Waals surface area contributed by atoms with Crippen molar-refractivity contribution >= 4 is 10.1 Å². The molecule has 1 aliphatic heterocycles. The first-order valence-electron chi connectivity index (χ1n) is 7.83. The molecule has 4 nitrogen and oxygen atoms in total. The molecule has 22 heavy (non-hydrogen) atoms. The van der Waals surface area contributed by atoms with E-state index in [0.29, 0.717) is 5.92 Å². The molecule has 1 saturated heterocycles. The maximum Gasteiger partial charge on any atom is 0.264 e. The third kappa shape index (κ3) is 5.07. The lowest BCUT2D eigenvalue weighted by Gasteiger charge is -2.41. The first kappa shape index (κ1) is 17.4. The first-order chi connectivity index (χ1) is 10.1. The van der Waals surface area contributed by atoms with E-state index in [9.17, 15) is 8.42 Å². The summed E-state index contributed by atoms with van der Waals surface area (Å²) in [6.07, 6.45) is 3.43. The van der Waals surface area contributed by atoms with Gasteiger partial charge in [-0.3, -0.25) is 9.08 Å². The van der Waals surface area contributed by atoms with Crippen molar-refractivity contribution in [1.29, 1.82) is 0 Å². The van der Waals surface area contributed by atoms with Gasteiger partial charge in [-0.2, -0.15) is 8.42 Å². The molecule has 1 fully saturated rings. The van der Waals surface area contributed by atoms with Gasteiger partial charge in [0.25, 0.3) is 10.1 Å². The predicted molar refractivity (Wildman–Crippen MR) is 89.4 cm³/mol. The van der Waals surface area contributed by atoms with Crippen LogP contribution in [0, 0.1) is 0 Å². The van der Waals surface area contributed by atoms with Crippen LogP contribution in [0.5, 0.6) is 0 Å². The predicted octanol–water partition coefficient (Wildman–Crippen LogP) is 3.14. The van der Waals surface area contributed by atoms with E-state index in [2.05, 4.69) is 37.8 Å². The number of hydrogen-bond donors (Lipinski definition) is 0. The zero-order valence-electron chi connectivity index (χ0n) is 14.0. The standard InChI is InChI=1S/C17H27NO3S/c1-17(2,3)18-11-9-16(10-12-18)15-7-5-14(6-8-15)13-21-22(4,19)20/h5-8,16H,9-13H2,1-4H3. The van der Waals surface area contributed by atoms with Crippen LogP contribution in [0.25, 0.3) is 0 Å². The molecule has 0 bridgehead atoms. The molecule has 1 heterocycles. The third-order valence-corrected chi connectivity index (χ3v) is 4.88. The van der Waals surface area contributed by atoms with Gasteiger partial charge in [-0.1, -0.05) is 24.3 Å². The first-order valence-corrected chi connectivity index (χ1v) is 9.65. The van der Waals surface area contributed by atoms with Gasteiger partial charge in [-0.05, 0) is 63.7 Å². The van der Waals surface area contributed by atoms with Crippen molar-refractivity contribution in [3.05, 3.63) is 35.4 Å². The van der Waals surface area contributed by atoms with E-state index in [4.69, 9.17) is 4.18 Å². The van der Waals surface area contributed by atoms with Gasteiger partial charge in [-0.25, -0.2) is 0 Å². The molecule has 0 saturated carbocycles. The summed E-state index contributed by atoms with van der Waals surface area (Å²) in [7, 11) is -3.38. The number of nitrogens with zero attached hydrogens (tertiary/aromatic N) is 1. The largest absolute Gasteiger partial charge is 0.298 e. The topological polar surface area (TPSA) is 46.6 Å². The molecular formula is C17H27NO3S. The smallest absolute Gasteiger partial charge is 0.264 e. The second-order valence-electron chi connectivity index (χ2n) is 7.14. The summed E-state index contributed by atoms with van der Waals surface area (Å²) in [5.41, 5.74) is 2.48. The summed E-state index contributed by atoms with van der Waals surface area (Å²) in [5, 5.41) is 0. The molecule has 0 N–H and O–H groups in total. The molecule has 0 radical (unpaired) electrons. The van der Waals surface area contributed by atoms with Crippen LogP contribution in [0.1, 0.15) is 50.7 Å². The third-order valence-electron chi connectivity index (χ3n) is 4.33. The van der Waals surface area contributed by atoms with E-state index in [0.717, 1.165) is 24.9 Å². The normalized spacial score (nSPS) is 18.5. The number of hydrogen-bond acceptors (Lipinski definition) is 4. The molecule has 0 unspecified atom stereocenters. The number of benzene rings is 1. The molecule has 0 atom stereocenters. The highest BCUT2D eigenvalue weighted by molar-refractivity contribution is 7.85. The molecule has 5 heteroatoms.